The van der Waals surface area contributed by atoms with E-state index in [1.807, 2.05) is 18.2 Å². The molecule has 2 rings (SSSR count). The fourth-order valence-electron chi connectivity index (χ4n) is 1.55. The monoisotopic (exact) mass is 208 g/mol. The van der Waals surface area contributed by atoms with Crippen molar-refractivity contribution < 1.29 is 9.47 Å². The third-order valence-electron chi connectivity index (χ3n) is 2.54. The van der Waals surface area contributed by atoms with Gasteiger partial charge < -0.3 is 20.1 Å². The Balaban J connectivity index is 2.10. The lowest BCUT2D eigenvalue weighted by Crippen LogP contribution is -2.51. The van der Waals surface area contributed by atoms with Gasteiger partial charge in [0.15, 0.2) is 11.5 Å². The number of hydrogen-bond acceptors (Lipinski definition) is 4. The van der Waals surface area contributed by atoms with E-state index in [0.29, 0.717) is 6.04 Å². The molecule has 1 aliphatic heterocycles. The van der Waals surface area contributed by atoms with E-state index in [4.69, 9.17) is 9.47 Å². The fourth-order valence-corrected chi connectivity index (χ4v) is 1.55. The molecule has 0 spiro atoms. The predicted molar refractivity (Wildman–Crippen MR) is 59.8 cm³/mol. The molecule has 0 amide bonds. The maximum absolute atomic E-state index is 5.23. The van der Waals surface area contributed by atoms with Crippen molar-refractivity contribution in [2.45, 2.75) is 6.04 Å². The molecule has 0 aromatic heterocycles. The number of hydrogen-bond donors (Lipinski definition) is 2. The summed E-state index contributed by atoms with van der Waals surface area (Å²) in [6.07, 6.45) is 0. The highest BCUT2D eigenvalue weighted by Crippen LogP contribution is 2.30. The molecule has 4 heteroatoms. The Morgan fingerprint density at radius 2 is 1.93 bits per heavy atom. The second-order valence-corrected chi connectivity index (χ2v) is 3.57. The Labute approximate surface area is 89.6 Å². The Kier molecular flexibility index (Phi) is 2.97. The zero-order valence-electron chi connectivity index (χ0n) is 9.04. The van der Waals surface area contributed by atoms with Gasteiger partial charge in [0.05, 0.1) is 20.3 Å². The normalized spacial score (nSPS) is 15.6. The van der Waals surface area contributed by atoms with Crippen molar-refractivity contribution in [1.29, 1.82) is 0 Å². The van der Waals surface area contributed by atoms with Crippen LogP contribution in [0.5, 0.6) is 11.5 Å². The summed E-state index contributed by atoms with van der Waals surface area (Å²) in [5, 5.41) is 6.62. The molecule has 0 atom stereocenters. The van der Waals surface area contributed by atoms with Crippen LogP contribution in [0.25, 0.3) is 0 Å². The van der Waals surface area contributed by atoms with Gasteiger partial charge >= 0.3 is 0 Å². The zero-order valence-corrected chi connectivity index (χ0v) is 9.04. The Hall–Kier alpha value is -1.42. The van der Waals surface area contributed by atoms with Crippen molar-refractivity contribution in [2.24, 2.45) is 0 Å². The van der Waals surface area contributed by atoms with Crippen LogP contribution < -0.4 is 20.1 Å². The second kappa shape index (κ2) is 4.40. The van der Waals surface area contributed by atoms with Crippen LogP contribution in [0.15, 0.2) is 18.2 Å². The maximum atomic E-state index is 5.23. The van der Waals surface area contributed by atoms with Gasteiger partial charge in [0.2, 0.25) is 0 Å². The van der Waals surface area contributed by atoms with Crippen LogP contribution in [0.3, 0.4) is 0 Å². The molecule has 0 radical (unpaired) electrons. The van der Waals surface area contributed by atoms with E-state index < -0.39 is 0 Å². The Morgan fingerprint density at radius 3 is 2.47 bits per heavy atom. The highest BCUT2D eigenvalue weighted by atomic mass is 16.5. The number of rotatable bonds is 4. The molecular weight excluding hydrogens is 192 g/mol. The van der Waals surface area contributed by atoms with Crippen LogP contribution in [0.1, 0.15) is 0 Å². The molecule has 1 fully saturated rings. The van der Waals surface area contributed by atoms with Crippen molar-refractivity contribution in [3.05, 3.63) is 18.2 Å². The zero-order chi connectivity index (χ0) is 10.7. The van der Waals surface area contributed by atoms with Crippen LogP contribution in [-0.4, -0.2) is 33.4 Å². The lowest BCUT2D eigenvalue weighted by molar-refractivity contribution is 0.355. The van der Waals surface area contributed by atoms with Gasteiger partial charge in [-0.2, -0.15) is 0 Å². The van der Waals surface area contributed by atoms with E-state index in [1.54, 1.807) is 14.2 Å². The molecule has 0 bridgehead atoms. The van der Waals surface area contributed by atoms with Crippen LogP contribution in [0.4, 0.5) is 5.69 Å². The summed E-state index contributed by atoms with van der Waals surface area (Å²) in [5.74, 6) is 1.52. The van der Waals surface area contributed by atoms with E-state index in [2.05, 4.69) is 10.6 Å². The minimum atomic E-state index is 0.531. The number of ether oxygens (including phenoxy) is 2. The first-order valence-corrected chi connectivity index (χ1v) is 5.03. The smallest absolute Gasteiger partial charge is 0.162 e. The third-order valence-corrected chi connectivity index (χ3v) is 2.54. The largest absolute Gasteiger partial charge is 0.493 e. The summed E-state index contributed by atoms with van der Waals surface area (Å²) in [6.45, 7) is 2.04. The predicted octanol–water partition coefficient (Wildman–Crippen LogP) is 1.09. The summed E-state index contributed by atoms with van der Waals surface area (Å²) >= 11 is 0. The van der Waals surface area contributed by atoms with E-state index in [9.17, 15) is 0 Å². The van der Waals surface area contributed by atoms with Crippen LogP contribution in [0, 0.1) is 0 Å². The summed E-state index contributed by atoms with van der Waals surface area (Å²) in [5.41, 5.74) is 1.07. The van der Waals surface area contributed by atoms with Gasteiger partial charge in [-0.15, -0.1) is 0 Å². The van der Waals surface area contributed by atoms with Gasteiger partial charge in [-0.25, -0.2) is 0 Å². The standard InChI is InChI=1S/C11H16N2O2/c1-14-10-4-3-8(5-11(10)15-2)13-9-6-12-7-9/h3-5,9,12-13H,6-7H2,1-2H3. The van der Waals surface area contributed by atoms with E-state index in [-0.39, 0.29) is 0 Å². The number of benzene rings is 1. The number of anilines is 1. The summed E-state index contributed by atoms with van der Waals surface area (Å²) in [4.78, 5) is 0. The van der Waals surface area contributed by atoms with Crippen LogP contribution in [0.2, 0.25) is 0 Å². The van der Waals surface area contributed by atoms with Crippen molar-refractivity contribution in [3.63, 3.8) is 0 Å². The maximum Gasteiger partial charge on any atom is 0.162 e. The first-order valence-electron chi connectivity index (χ1n) is 5.03. The lowest BCUT2D eigenvalue weighted by atomic mass is 10.1. The minimum Gasteiger partial charge on any atom is -0.493 e. The van der Waals surface area contributed by atoms with Crippen molar-refractivity contribution in [1.82, 2.24) is 5.32 Å². The lowest BCUT2D eigenvalue weighted by Gasteiger charge is -2.29. The average Bonchev–Trinajstić information content (AvgIpc) is 2.23. The average molecular weight is 208 g/mol. The highest BCUT2D eigenvalue weighted by Gasteiger charge is 2.16. The molecule has 1 heterocycles. The van der Waals surface area contributed by atoms with Crippen molar-refractivity contribution in [3.8, 4) is 11.5 Å². The molecule has 1 aromatic carbocycles. The molecule has 15 heavy (non-hydrogen) atoms. The molecule has 82 valence electrons. The van der Waals surface area contributed by atoms with E-state index >= 15 is 0 Å². The van der Waals surface area contributed by atoms with Crippen LogP contribution >= 0.6 is 0 Å². The molecule has 1 aliphatic rings. The van der Waals surface area contributed by atoms with Gasteiger partial charge in [0, 0.05) is 24.8 Å². The SMILES string of the molecule is COc1ccc(NC2CNC2)cc1OC. The molecule has 1 saturated heterocycles. The first kappa shape index (κ1) is 10.1. The molecule has 0 aliphatic carbocycles. The van der Waals surface area contributed by atoms with Gasteiger partial charge in [0.1, 0.15) is 0 Å². The Bertz CT molecular complexity index is 337. The second-order valence-electron chi connectivity index (χ2n) is 3.57. The van der Waals surface area contributed by atoms with Gasteiger partial charge in [0.25, 0.3) is 0 Å². The topological polar surface area (TPSA) is 42.5 Å². The van der Waals surface area contributed by atoms with E-state index in [1.165, 1.54) is 0 Å². The van der Waals surface area contributed by atoms with Gasteiger partial charge in [-0.1, -0.05) is 0 Å². The minimum absolute atomic E-state index is 0.531. The third kappa shape index (κ3) is 2.15. The molecule has 4 nitrogen and oxygen atoms in total. The summed E-state index contributed by atoms with van der Waals surface area (Å²) in [7, 11) is 3.29. The van der Waals surface area contributed by atoms with Gasteiger partial charge in [-0.3, -0.25) is 0 Å². The molecule has 1 aromatic rings. The first-order chi connectivity index (χ1) is 7.33. The molecule has 0 saturated carbocycles. The van der Waals surface area contributed by atoms with Crippen LogP contribution in [-0.2, 0) is 0 Å². The molecule has 0 unspecified atom stereocenters. The summed E-state index contributed by atoms with van der Waals surface area (Å²) < 4.78 is 10.4. The van der Waals surface area contributed by atoms with Crippen molar-refractivity contribution >= 4 is 5.69 Å². The quantitative estimate of drug-likeness (QED) is 0.777. The molecule has 2 N–H and O–H groups in total. The number of methoxy groups -OCH3 is 2. The molecular formula is C11H16N2O2. The fraction of sp³-hybridized carbons (Fsp3) is 0.455. The van der Waals surface area contributed by atoms with E-state index in [0.717, 1.165) is 30.3 Å². The summed E-state index contributed by atoms with van der Waals surface area (Å²) in [6, 6.07) is 6.40. The van der Waals surface area contributed by atoms with Crippen molar-refractivity contribution in [2.75, 3.05) is 32.6 Å². The number of nitrogens with one attached hydrogen (secondary N) is 2. The Morgan fingerprint density at radius 1 is 1.20 bits per heavy atom. The highest BCUT2D eigenvalue weighted by molar-refractivity contribution is 5.55. The van der Waals surface area contributed by atoms with Gasteiger partial charge in [-0.05, 0) is 12.1 Å².